The first-order valence-electron chi connectivity index (χ1n) is 10.2. The molecule has 1 aromatic heterocycles. The molecule has 0 bridgehead atoms. The molecule has 0 radical (unpaired) electrons. The van der Waals surface area contributed by atoms with Crippen LogP contribution in [0.2, 0.25) is 0 Å². The third kappa shape index (κ3) is 4.40. The second-order valence-corrected chi connectivity index (χ2v) is 7.40. The van der Waals surface area contributed by atoms with Gasteiger partial charge in [0.15, 0.2) is 0 Å². The van der Waals surface area contributed by atoms with Crippen molar-refractivity contribution in [2.45, 2.75) is 25.8 Å². The van der Waals surface area contributed by atoms with Crippen LogP contribution in [-0.2, 0) is 29.0 Å². The van der Waals surface area contributed by atoms with Gasteiger partial charge in [0.05, 0.1) is 17.6 Å². The normalized spacial score (nSPS) is 14.0. The van der Waals surface area contributed by atoms with Crippen LogP contribution in [0.1, 0.15) is 17.7 Å². The number of amides is 2. The SMILES string of the molecule is O=C1CN(C(=O)CCc2nc3ccccc3n(CCc3ccccc3)c2=O)CCN1. The minimum Gasteiger partial charge on any atom is -0.353 e. The van der Waals surface area contributed by atoms with Gasteiger partial charge in [-0.3, -0.25) is 14.4 Å². The van der Waals surface area contributed by atoms with Gasteiger partial charge in [0, 0.05) is 32.5 Å². The average Bonchev–Trinajstić information content (AvgIpc) is 2.77. The highest BCUT2D eigenvalue weighted by Gasteiger charge is 2.21. The molecule has 154 valence electrons. The van der Waals surface area contributed by atoms with Gasteiger partial charge in [-0.25, -0.2) is 4.98 Å². The van der Waals surface area contributed by atoms with Crippen molar-refractivity contribution in [3.63, 3.8) is 0 Å². The molecule has 1 fully saturated rings. The smallest absolute Gasteiger partial charge is 0.272 e. The molecule has 3 aromatic rings. The van der Waals surface area contributed by atoms with Crippen LogP contribution in [0.5, 0.6) is 0 Å². The molecule has 7 heteroatoms. The van der Waals surface area contributed by atoms with Crippen LogP contribution >= 0.6 is 0 Å². The maximum absolute atomic E-state index is 13.2. The van der Waals surface area contributed by atoms with Gasteiger partial charge in [-0.1, -0.05) is 42.5 Å². The second-order valence-electron chi connectivity index (χ2n) is 7.40. The van der Waals surface area contributed by atoms with Gasteiger partial charge in [0.1, 0.15) is 5.69 Å². The lowest BCUT2D eigenvalue weighted by atomic mass is 10.1. The van der Waals surface area contributed by atoms with E-state index in [0.717, 1.165) is 23.0 Å². The molecule has 0 unspecified atom stereocenters. The van der Waals surface area contributed by atoms with Crippen molar-refractivity contribution < 1.29 is 9.59 Å². The monoisotopic (exact) mass is 404 g/mol. The van der Waals surface area contributed by atoms with Gasteiger partial charge in [-0.05, 0) is 24.1 Å². The van der Waals surface area contributed by atoms with E-state index in [0.29, 0.717) is 25.3 Å². The number of aromatic nitrogens is 2. The highest BCUT2D eigenvalue weighted by Crippen LogP contribution is 2.12. The Morgan fingerprint density at radius 2 is 1.77 bits per heavy atom. The topological polar surface area (TPSA) is 84.3 Å². The summed E-state index contributed by atoms with van der Waals surface area (Å²) in [6, 6.07) is 17.6. The molecule has 0 saturated carbocycles. The van der Waals surface area contributed by atoms with Gasteiger partial charge >= 0.3 is 0 Å². The highest BCUT2D eigenvalue weighted by molar-refractivity contribution is 5.86. The summed E-state index contributed by atoms with van der Waals surface area (Å²) in [4.78, 5) is 43.2. The van der Waals surface area contributed by atoms with Gasteiger partial charge < -0.3 is 14.8 Å². The van der Waals surface area contributed by atoms with E-state index in [1.165, 1.54) is 4.90 Å². The van der Waals surface area contributed by atoms with E-state index in [4.69, 9.17) is 0 Å². The number of carbonyl (C=O) groups excluding carboxylic acids is 2. The van der Waals surface area contributed by atoms with Gasteiger partial charge in [0.25, 0.3) is 5.56 Å². The van der Waals surface area contributed by atoms with Crippen molar-refractivity contribution in [3.05, 3.63) is 76.2 Å². The number of hydrogen-bond acceptors (Lipinski definition) is 4. The molecular formula is C23H24N4O3. The minimum atomic E-state index is -0.159. The molecule has 0 atom stereocenters. The standard InChI is InChI=1S/C23H24N4O3/c28-21-16-26(15-13-24-21)22(29)11-10-19-23(30)27(14-12-17-6-2-1-3-7-17)20-9-5-4-8-18(20)25-19/h1-9H,10-16H2,(H,24,28). The van der Waals surface area contributed by atoms with Crippen molar-refractivity contribution in [1.29, 1.82) is 0 Å². The summed E-state index contributed by atoms with van der Waals surface area (Å²) >= 11 is 0. The maximum Gasteiger partial charge on any atom is 0.272 e. The Kier molecular flexibility index (Phi) is 5.88. The van der Waals surface area contributed by atoms with Crippen LogP contribution < -0.4 is 10.9 Å². The summed E-state index contributed by atoms with van der Waals surface area (Å²) in [6.07, 6.45) is 1.15. The van der Waals surface area contributed by atoms with Crippen LogP contribution in [0.15, 0.2) is 59.4 Å². The Balaban J connectivity index is 1.56. The van der Waals surface area contributed by atoms with Crippen LogP contribution in [-0.4, -0.2) is 45.9 Å². The van der Waals surface area contributed by atoms with Gasteiger partial charge in [0.2, 0.25) is 11.8 Å². The number of carbonyl (C=O) groups is 2. The number of piperazine rings is 1. The van der Waals surface area contributed by atoms with Gasteiger partial charge in [-0.2, -0.15) is 0 Å². The molecule has 30 heavy (non-hydrogen) atoms. The number of hydrogen-bond donors (Lipinski definition) is 1. The Morgan fingerprint density at radius 1 is 1.00 bits per heavy atom. The summed E-state index contributed by atoms with van der Waals surface area (Å²) in [5, 5.41) is 2.71. The zero-order chi connectivity index (χ0) is 20.9. The summed E-state index contributed by atoms with van der Waals surface area (Å²) in [6.45, 7) is 1.58. The molecule has 1 saturated heterocycles. The van der Waals surface area contributed by atoms with Crippen LogP contribution in [0, 0.1) is 0 Å². The number of para-hydroxylation sites is 2. The Hall–Kier alpha value is -3.48. The number of fused-ring (bicyclic) bond motifs is 1. The van der Waals surface area contributed by atoms with Crippen molar-refractivity contribution in [1.82, 2.24) is 19.8 Å². The third-order valence-electron chi connectivity index (χ3n) is 5.35. The molecule has 2 aromatic carbocycles. The fraction of sp³-hybridized carbons (Fsp3) is 0.304. The molecule has 0 spiro atoms. The maximum atomic E-state index is 13.2. The number of benzene rings is 2. The molecule has 4 rings (SSSR count). The minimum absolute atomic E-state index is 0.0747. The number of aryl methyl sites for hydroxylation is 3. The zero-order valence-corrected chi connectivity index (χ0v) is 16.7. The van der Waals surface area contributed by atoms with E-state index in [1.54, 1.807) is 4.57 Å². The van der Waals surface area contributed by atoms with Crippen LogP contribution in [0.3, 0.4) is 0 Å². The van der Waals surface area contributed by atoms with Crippen molar-refractivity contribution in [3.8, 4) is 0 Å². The van der Waals surface area contributed by atoms with Crippen LogP contribution in [0.4, 0.5) is 0 Å². The first kappa shape index (κ1) is 19.8. The average molecular weight is 404 g/mol. The molecule has 7 nitrogen and oxygen atoms in total. The highest BCUT2D eigenvalue weighted by atomic mass is 16.2. The van der Waals surface area contributed by atoms with E-state index in [-0.39, 0.29) is 36.8 Å². The molecule has 1 aliphatic heterocycles. The number of nitrogens with one attached hydrogen (secondary N) is 1. The third-order valence-corrected chi connectivity index (χ3v) is 5.35. The largest absolute Gasteiger partial charge is 0.353 e. The lowest BCUT2D eigenvalue weighted by Crippen LogP contribution is -2.50. The van der Waals surface area contributed by atoms with Crippen molar-refractivity contribution >= 4 is 22.8 Å². The van der Waals surface area contributed by atoms with Crippen molar-refractivity contribution in [2.24, 2.45) is 0 Å². The number of rotatable bonds is 6. The first-order chi connectivity index (χ1) is 14.6. The van der Waals surface area contributed by atoms with E-state index in [2.05, 4.69) is 10.3 Å². The molecule has 1 N–H and O–H groups in total. The Bertz CT molecular complexity index is 1120. The quantitative estimate of drug-likeness (QED) is 0.675. The number of nitrogens with zero attached hydrogens (tertiary/aromatic N) is 3. The predicted octanol–water partition coefficient (Wildman–Crippen LogP) is 1.53. The lowest BCUT2D eigenvalue weighted by Gasteiger charge is -2.26. The predicted molar refractivity (Wildman–Crippen MR) is 114 cm³/mol. The lowest BCUT2D eigenvalue weighted by molar-refractivity contribution is -0.138. The molecule has 2 heterocycles. The molecule has 0 aliphatic carbocycles. The molecule has 1 aliphatic rings. The molecular weight excluding hydrogens is 380 g/mol. The Morgan fingerprint density at radius 3 is 2.57 bits per heavy atom. The zero-order valence-electron chi connectivity index (χ0n) is 16.7. The summed E-state index contributed by atoms with van der Waals surface area (Å²) in [5.41, 5.74) is 2.92. The van der Waals surface area contributed by atoms with Crippen molar-refractivity contribution in [2.75, 3.05) is 19.6 Å². The summed E-state index contributed by atoms with van der Waals surface area (Å²) < 4.78 is 1.75. The first-order valence-corrected chi connectivity index (χ1v) is 10.2. The molecule has 2 amide bonds. The van der Waals surface area contributed by atoms with Gasteiger partial charge in [-0.15, -0.1) is 0 Å². The van der Waals surface area contributed by atoms with E-state index in [1.807, 2.05) is 54.6 Å². The summed E-state index contributed by atoms with van der Waals surface area (Å²) in [5.74, 6) is -0.281. The Labute approximate surface area is 174 Å². The van der Waals surface area contributed by atoms with E-state index < -0.39 is 0 Å². The van der Waals surface area contributed by atoms with E-state index in [9.17, 15) is 14.4 Å². The van der Waals surface area contributed by atoms with Crippen LogP contribution in [0.25, 0.3) is 11.0 Å². The summed E-state index contributed by atoms with van der Waals surface area (Å²) in [7, 11) is 0. The van der Waals surface area contributed by atoms with E-state index >= 15 is 0 Å². The fourth-order valence-electron chi connectivity index (χ4n) is 3.75. The second kappa shape index (κ2) is 8.90. The fourth-order valence-corrected chi connectivity index (χ4v) is 3.75.